The highest BCUT2D eigenvalue weighted by atomic mass is 32.2. The van der Waals surface area contributed by atoms with Crippen molar-refractivity contribution in [3.05, 3.63) is 57.7 Å². The Balaban J connectivity index is 1.75. The van der Waals surface area contributed by atoms with Gasteiger partial charge in [0.2, 0.25) is 0 Å². The van der Waals surface area contributed by atoms with E-state index in [4.69, 9.17) is 9.47 Å². The quantitative estimate of drug-likeness (QED) is 0.0756. The number of benzene rings is 2. The first-order chi connectivity index (χ1) is 23.1. The molecule has 0 saturated carbocycles. The zero-order valence-electron chi connectivity index (χ0n) is 29.8. The molecule has 0 aliphatic rings. The standard InChI is InChI=1S/C39H56O6S3/c1-7-11-15-29(9-3)25-44-36(40)19-21-46-27(5)33-23-31(24-34-38(42)32-17-13-14-18-35(32)47-39(33)34)28(6)48(43)22-20-37(41)45-26-30(10-4)16-12-8-2/h13-14,17-18,23-24,27-30H,7-12,15-16,19-22,25-26H2,1-6H3. The van der Waals surface area contributed by atoms with E-state index in [2.05, 4.69) is 40.7 Å². The average molecular weight is 717 g/mol. The van der Waals surface area contributed by atoms with E-state index in [1.807, 2.05) is 37.3 Å². The first kappa shape index (κ1) is 40.2. The van der Waals surface area contributed by atoms with Crippen LogP contribution in [0.3, 0.4) is 0 Å². The van der Waals surface area contributed by atoms with Gasteiger partial charge >= 0.3 is 11.9 Å². The molecule has 0 amide bonds. The molecule has 0 bridgehead atoms. The van der Waals surface area contributed by atoms with E-state index in [0.717, 1.165) is 71.9 Å². The van der Waals surface area contributed by atoms with Crippen molar-refractivity contribution in [1.82, 2.24) is 0 Å². The van der Waals surface area contributed by atoms with Crippen LogP contribution in [0.15, 0.2) is 41.2 Å². The third-order valence-corrected chi connectivity index (χ3v) is 13.4. The van der Waals surface area contributed by atoms with Gasteiger partial charge in [-0.15, -0.1) is 11.3 Å². The average Bonchev–Trinajstić information content (AvgIpc) is 3.10. The topological polar surface area (TPSA) is 86.7 Å². The lowest BCUT2D eigenvalue weighted by atomic mass is 10.0. The number of carbonyl (C=O) groups excluding carboxylic acids is 2. The fourth-order valence-electron chi connectivity index (χ4n) is 5.78. The second-order valence-corrected chi connectivity index (χ2v) is 17.2. The summed E-state index contributed by atoms with van der Waals surface area (Å²) >= 11 is 3.26. The highest BCUT2D eigenvalue weighted by molar-refractivity contribution is 7.99. The van der Waals surface area contributed by atoms with Crippen molar-refractivity contribution in [3.63, 3.8) is 0 Å². The number of thioether (sulfide) groups is 1. The van der Waals surface area contributed by atoms with Gasteiger partial charge in [0.05, 0.1) is 31.3 Å². The molecule has 48 heavy (non-hydrogen) atoms. The van der Waals surface area contributed by atoms with E-state index in [1.165, 1.54) is 0 Å². The molecule has 5 unspecified atom stereocenters. The van der Waals surface area contributed by atoms with Crippen molar-refractivity contribution in [2.75, 3.05) is 24.7 Å². The predicted molar refractivity (Wildman–Crippen MR) is 206 cm³/mol. The highest BCUT2D eigenvalue weighted by Crippen LogP contribution is 2.39. The van der Waals surface area contributed by atoms with Gasteiger partial charge in [0.15, 0.2) is 5.43 Å². The number of ether oxygens (including phenoxy) is 2. The van der Waals surface area contributed by atoms with Crippen molar-refractivity contribution in [2.45, 2.75) is 116 Å². The van der Waals surface area contributed by atoms with Gasteiger partial charge in [0.1, 0.15) is 0 Å². The predicted octanol–water partition coefficient (Wildman–Crippen LogP) is 10.3. The monoisotopic (exact) mass is 716 g/mol. The van der Waals surface area contributed by atoms with Crippen LogP contribution < -0.4 is 5.43 Å². The minimum Gasteiger partial charge on any atom is -0.465 e. The second-order valence-electron chi connectivity index (χ2n) is 12.9. The molecule has 6 nitrogen and oxygen atoms in total. The van der Waals surface area contributed by atoms with Gasteiger partial charge in [-0.05, 0) is 67.9 Å². The van der Waals surface area contributed by atoms with Gasteiger partial charge in [-0.3, -0.25) is 18.6 Å². The molecule has 2 aromatic carbocycles. The van der Waals surface area contributed by atoms with Crippen LogP contribution in [0.4, 0.5) is 0 Å². The van der Waals surface area contributed by atoms with Crippen molar-refractivity contribution in [2.24, 2.45) is 11.8 Å². The maximum absolute atomic E-state index is 13.8. The number of carbonyl (C=O) groups is 2. The molecule has 3 aromatic rings. The second kappa shape index (κ2) is 21.1. The summed E-state index contributed by atoms with van der Waals surface area (Å²) in [4.78, 5) is 38.9. The molecule has 0 radical (unpaired) electrons. The van der Waals surface area contributed by atoms with Gasteiger partial charge in [-0.25, -0.2) is 0 Å². The van der Waals surface area contributed by atoms with Crippen LogP contribution in [0, 0.1) is 11.8 Å². The lowest BCUT2D eigenvalue weighted by Crippen LogP contribution is -2.17. The Labute approximate surface area is 298 Å². The summed E-state index contributed by atoms with van der Waals surface area (Å²) in [5.41, 5.74) is 1.78. The Bertz CT molecular complexity index is 1550. The zero-order valence-corrected chi connectivity index (χ0v) is 32.3. The third-order valence-electron chi connectivity index (χ3n) is 9.26. The molecule has 0 spiro atoms. The first-order valence-corrected chi connectivity index (χ1v) is 21.2. The number of hydrogen-bond acceptors (Lipinski definition) is 8. The molecule has 266 valence electrons. The Morgan fingerprint density at radius 2 is 1.46 bits per heavy atom. The van der Waals surface area contributed by atoms with E-state index in [0.29, 0.717) is 48.0 Å². The van der Waals surface area contributed by atoms with E-state index >= 15 is 0 Å². The fraction of sp³-hybridized carbons (Fsp3) is 0.615. The van der Waals surface area contributed by atoms with Gasteiger partial charge in [0.25, 0.3) is 0 Å². The number of esters is 2. The summed E-state index contributed by atoms with van der Waals surface area (Å²) in [6.45, 7) is 13.5. The van der Waals surface area contributed by atoms with Crippen molar-refractivity contribution in [3.8, 4) is 0 Å². The summed E-state index contributed by atoms with van der Waals surface area (Å²) in [6, 6.07) is 11.6. The van der Waals surface area contributed by atoms with E-state index in [9.17, 15) is 18.6 Å². The molecule has 0 aliphatic heterocycles. The van der Waals surface area contributed by atoms with Crippen molar-refractivity contribution in [1.29, 1.82) is 0 Å². The summed E-state index contributed by atoms with van der Waals surface area (Å²) in [6.07, 6.45) is 9.05. The number of fused-ring (bicyclic) bond motifs is 2. The Hall–Kier alpha value is -2.23. The lowest BCUT2D eigenvalue weighted by molar-refractivity contribution is -0.145. The van der Waals surface area contributed by atoms with Gasteiger partial charge in [0, 0.05) is 47.7 Å². The van der Waals surface area contributed by atoms with Crippen LogP contribution in [0.25, 0.3) is 20.2 Å². The number of unbranched alkanes of at least 4 members (excludes halogenated alkanes) is 2. The minimum absolute atomic E-state index is 0.0140. The maximum Gasteiger partial charge on any atom is 0.306 e. The van der Waals surface area contributed by atoms with Crippen LogP contribution in [0.1, 0.15) is 127 Å². The molecule has 0 aliphatic carbocycles. The molecular weight excluding hydrogens is 661 g/mol. The third kappa shape index (κ3) is 12.0. The van der Waals surface area contributed by atoms with Crippen LogP contribution >= 0.6 is 23.1 Å². The summed E-state index contributed by atoms with van der Waals surface area (Å²) in [7, 11) is -1.34. The molecule has 5 atom stereocenters. The minimum atomic E-state index is -1.34. The van der Waals surface area contributed by atoms with Crippen LogP contribution in [-0.4, -0.2) is 40.9 Å². The van der Waals surface area contributed by atoms with Crippen LogP contribution in [0.2, 0.25) is 0 Å². The molecule has 1 aromatic heterocycles. The Kier molecular flexibility index (Phi) is 17.7. The van der Waals surface area contributed by atoms with Gasteiger partial charge < -0.3 is 9.47 Å². The largest absolute Gasteiger partial charge is 0.465 e. The fourth-order valence-corrected chi connectivity index (χ4v) is 9.27. The summed E-state index contributed by atoms with van der Waals surface area (Å²) < 4.78 is 26.5. The Morgan fingerprint density at radius 1 is 0.854 bits per heavy atom. The maximum atomic E-state index is 13.8. The van der Waals surface area contributed by atoms with Crippen molar-refractivity contribution >= 4 is 66.0 Å². The molecule has 3 rings (SSSR count). The SMILES string of the molecule is CCCCC(CC)COC(=O)CCSC(C)c1cc(C(C)S(=O)CCC(=O)OCC(CC)CCCC)cc2c(=O)c3ccccc3sc12. The number of rotatable bonds is 22. The van der Waals surface area contributed by atoms with E-state index in [1.54, 1.807) is 23.1 Å². The lowest BCUT2D eigenvalue weighted by Gasteiger charge is -2.19. The van der Waals surface area contributed by atoms with Crippen LogP contribution in [-0.2, 0) is 29.9 Å². The number of hydrogen-bond donors (Lipinski definition) is 0. The summed E-state index contributed by atoms with van der Waals surface area (Å²) in [5.74, 6) is 1.09. The van der Waals surface area contributed by atoms with Crippen LogP contribution in [0.5, 0.6) is 0 Å². The smallest absolute Gasteiger partial charge is 0.306 e. The molecule has 1 heterocycles. The molecular formula is C39H56O6S3. The first-order valence-electron chi connectivity index (χ1n) is 17.9. The van der Waals surface area contributed by atoms with Crippen molar-refractivity contribution < 1.29 is 23.3 Å². The highest BCUT2D eigenvalue weighted by Gasteiger charge is 2.22. The van der Waals surface area contributed by atoms with Gasteiger partial charge in [-0.2, -0.15) is 11.8 Å². The molecule has 9 heteroatoms. The van der Waals surface area contributed by atoms with Gasteiger partial charge in [-0.1, -0.05) is 84.4 Å². The summed E-state index contributed by atoms with van der Waals surface area (Å²) in [5, 5.41) is 0.902. The molecule has 0 saturated heterocycles. The molecule has 0 N–H and O–H groups in total. The van der Waals surface area contributed by atoms with E-state index < -0.39 is 10.8 Å². The molecule has 0 fully saturated rings. The Morgan fingerprint density at radius 3 is 2.06 bits per heavy atom. The van der Waals surface area contributed by atoms with E-state index in [-0.39, 0.29) is 40.0 Å². The normalized spacial score (nSPS) is 14.8. The zero-order chi connectivity index (χ0) is 35.1.